The number of rotatable bonds is 7. The average Bonchev–Trinajstić information content (AvgIpc) is 3.51. The van der Waals surface area contributed by atoms with Crippen molar-refractivity contribution in [1.82, 2.24) is 10.3 Å². The SMILES string of the molecule is CC(C)C(=O)Nc1ccc(CNC(=O)c2nc(-c3ccccc3)oc2C2CC2)cc1. The van der Waals surface area contributed by atoms with Crippen molar-refractivity contribution in [3.8, 4) is 11.5 Å². The van der Waals surface area contributed by atoms with Crippen LogP contribution in [0, 0.1) is 5.92 Å². The van der Waals surface area contributed by atoms with Crippen LogP contribution >= 0.6 is 0 Å². The summed E-state index contributed by atoms with van der Waals surface area (Å²) < 4.78 is 5.96. The molecule has 30 heavy (non-hydrogen) atoms. The van der Waals surface area contributed by atoms with E-state index in [1.165, 1.54) is 0 Å². The van der Waals surface area contributed by atoms with Crippen molar-refractivity contribution in [2.45, 2.75) is 39.2 Å². The summed E-state index contributed by atoms with van der Waals surface area (Å²) >= 11 is 0. The maximum absolute atomic E-state index is 12.8. The monoisotopic (exact) mass is 403 g/mol. The van der Waals surface area contributed by atoms with E-state index in [4.69, 9.17) is 4.42 Å². The molecule has 0 saturated heterocycles. The van der Waals surface area contributed by atoms with Crippen LogP contribution in [0.15, 0.2) is 59.0 Å². The first kappa shape index (κ1) is 19.9. The summed E-state index contributed by atoms with van der Waals surface area (Å²) in [6.07, 6.45) is 2.04. The second kappa shape index (κ2) is 8.53. The minimum Gasteiger partial charge on any atom is -0.440 e. The van der Waals surface area contributed by atoms with Gasteiger partial charge in [-0.3, -0.25) is 9.59 Å². The molecule has 0 bridgehead atoms. The molecule has 1 heterocycles. The minimum atomic E-state index is -0.236. The van der Waals surface area contributed by atoms with Crippen LogP contribution in [0.25, 0.3) is 11.5 Å². The molecule has 1 aromatic heterocycles. The lowest BCUT2D eigenvalue weighted by Crippen LogP contribution is -2.24. The van der Waals surface area contributed by atoms with Crippen molar-refractivity contribution < 1.29 is 14.0 Å². The lowest BCUT2D eigenvalue weighted by molar-refractivity contribution is -0.118. The van der Waals surface area contributed by atoms with E-state index in [0.717, 1.165) is 29.7 Å². The molecule has 6 nitrogen and oxygen atoms in total. The summed E-state index contributed by atoms with van der Waals surface area (Å²) in [5.74, 6) is 1.10. The van der Waals surface area contributed by atoms with E-state index >= 15 is 0 Å². The number of oxazole rings is 1. The number of anilines is 1. The van der Waals surface area contributed by atoms with Gasteiger partial charge < -0.3 is 15.1 Å². The number of carbonyl (C=O) groups is 2. The Morgan fingerprint density at radius 2 is 1.77 bits per heavy atom. The number of benzene rings is 2. The average molecular weight is 403 g/mol. The van der Waals surface area contributed by atoms with Crippen molar-refractivity contribution in [1.29, 1.82) is 0 Å². The van der Waals surface area contributed by atoms with Gasteiger partial charge in [0.2, 0.25) is 11.8 Å². The van der Waals surface area contributed by atoms with Crippen LogP contribution in [0.5, 0.6) is 0 Å². The highest BCUT2D eigenvalue weighted by Gasteiger charge is 2.34. The third-order valence-corrected chi connectivity index (χ3v) is 5.04. The number of carbonyl (C=O) groups excluding carboxylic acids is 2. The summed E-state index contributed by atoms with van der Waals surface area (Å²) in [6.45, 7) is 4.07. The Kier molecular flexibility index (Phi) is 5.65. The van der Waals surface area contributed by atoms with E-state index in [1.54, 1.807) is 0 Å². The molecule has 0 unspecified atom stereocenters. The van der Waals surface area contributed by atoms with Crippen LogP contribution in [-0.2, 0) is 11.3 Å². The number of hydrogen-bond acceptors (Lipinski definition) is 4. The van der Waals surface area contributed by atoms with Gasteiger partial charge in [-0.25, -0.2) is 4.98 Å². The fraction of sp³-hybridized carbons (Fsp3) is 0.292. The molecule has 2 amide bonds. The van der Waals surface area contributed by atoms with Gasteiger partial charge in [-0.2, -0.15) is 0 Å². The van der Waals surface area contributed by atoms with Crippen LogP contribution in [0.4, 0.5) is 5.69 Å². The first-order valence-corrected chi connectivity index (χ1v) is 10.3. The maximum Gasteiger partial charge on any atom is 0.273 e. The van der Waals surface area contributed by atoms with Gasteiger partial charge in [0.25, 0.3) is 5.91 Å². The molecule has 2 N–H and O–H groups in total. The van der Waals surface area contributed by atoms with E-state index in [2.05, 4.69) is 15.6 Å². The summed E-state index contributed by atoms with van der Waals surface area (Å²) in [6, 6.07) is 17.1. The quantitative estimate of drug-likeness (QED) is 0.597. The molecule has 1 aliphatic carbocycles. The van der Waals surface area contributed by atoms with Gasteiger partial charge in [0, 0.05) is 29.6 Å². The van der Waals surface area contributed by atoms with Gasteiger partial charge in [0.1, 0.15) is 5.76 Å². The van der Waals surface area contributed by atoms with E-state index in [1.807, 2.05) is 68.4 Å². The maximum atomic E-state index is 12.8. The molecule has 0 aliphatic heterocycles. The predicted octanol–water partition coefficient (Wildman–Crippen LogP) is 4.74. The molecule has 2 aromatic carbocycles. The number of nitrogens with zero attached hydrogens (tertiary/aromatic N) is 1. The first-order chi connectivity index (χ1) is 14.5. The Labute approximate surface area is 175 Å². The molecular formula is C24H25N3O3. The zero-order valence-electron chi connectivity index (χ0n) is 17.1. The summed E-state index contributed by atoms with van der Waals surface area (Å²) in [5.41, 5.74) is 2.91. The lowest BCUT2D eigenvalue weighted by atomic mass is 10.1. The van der Waals surface area contributed by atoms with Crippen molar-refractivity contribution in [3.05, 3.63) is 71.6 Å². The molecule has 1 fully saturated rings. The molecule has 0 atom stereocenters. The van der Waals surface area contributed by atoms with E-state index in [0.29, 0.717) is 23.9 Å². The Bertz CT molecular complexity index is 1040. The van der Waals surface area contributed by atoms with Gasteiger partial charge in [0.05, 0.1) is 0 Å². The molecular weight excluding hydrogens is 378 g/mol. The molecule has 154 valence electrons. The first-order valence-electron chi connectivity index (χ1n) is 10.3. The Hall–Kier alpha value is -3.41. The Morgan fingerprint density at radius 3 is 2.40 bits per heavy atom. The lowest BCUT2D eigenvalue weighted by Gasteiger charge is -2.09. The Morgan fingerprint density at radius 1 is 1.07 bits per heavy atom. The number of nitrogens with one attached hydrogen (secondary N) is 2. The van der Waals surface area contributed by atoms with Crippen LogP contribution in [0.3, 0.4) is 0 Å². The molecule has 6 heteroatoms. The van der Waals surface area contributed by atoms with Gasteiger partial charge in [-0.15, -0.1) is 0 Å². The van der Waals surface area contributed by atoms with Gasteiger partial charge in [-0.1, -0.05) is 44.2 Å². The number of aromatic nitrogens is 1. The van der Waals surface area contributed by atoms with Crippen LogP contribution in [0.2, 0.25) is 0 Å². The Balaban J connectivity index is 1.43. The third kappa shape index (κ3) is 4.59. The van der Waals surface area contributed by atoms with Crippen LogP contribution in [-0.4, -0.2) is 16.8 Å². The predicted molar refractivity (Wildman–Crippen MR) is 115 cm³/mol. The van der Waals surface area contributed by atoms with E-state index in [9.17, 15) is 9.59 Å². The second-order valence-electron chi connectivity index (χ2n) is 7.90. The van der Waals surface area contributed by atoms with Crippen molar-refractivity contribution in [2.75, 3.05) is 5.32 Å². The highest BCUT2D eigenvalue weighted by molar-refractivity contribution is 5.94. The van der Waals surface area contributed by atoms with E-state index < -0.39 is 0 Å². The molecule has 4 rings (SSSR count). The minimum absolute atomic E-state index is 0.0242. The van der Waals surface area contributed by atoms with Crippen molar-refractivity contribution in [2.24, 2.45) is 5.92 Å². The van der Waals surface area contributed by atoms with Crippen molar-refractivity contribution in [3.63, 3.8) is 0 Å². The molecule has 0 spiro atoms. The largest absolute Gasteiger partial charge is 0.440 e. The highest BCUT2D eigenvalue weighted by Crippen LogP contribution is 2.43. The number of hydrogen-bond donors (Lipinski definition) is 2. The topological polar surface area (TPSA) is 84.2 Å². The van der Waals surface area contributed by atoms with Gasteiger partial charge in [0.15, 0.2) is 5.69 Å². The van der Waals surface area contributed by atoms with E-state index in [-0.39, 0.29) is 23.7 Å². The highest BCUT2D eigenvalue weighted by atomic mass is 16.4. The molecule has 0 radical (unpaired) electrons. The fourth-order valence-electron chi connectivity index (χ4n) is 3.08. The number of amides is 2. The fourth-order valence-corrected chi connectivity index (χ4v) is 3.08. The van der Waals surface area contributed by atoms with Gasteiger partial charge in [-0.05, 0) is 42.7 Å². The normalized spacial score (nSPS) is 13.3. The third-order valence-electron chi connectivity index (χ3n) is 5.04. The van der Waals surface area contributed by atoms with Crippen LogP contribution < -0.4 is 10.6 Å². The standard InChI is InChI=1S/C24H25N3O3/c1-15(2)22(28)26-19-12-8-16(9-13-19)14-25-23(29)20-21(17-10-11-17)30-24(27-20)18-6-4-3-5-7-18/h3-9,12-13,15,17H,10-11,14H2,1-2H3,(H,25,29)(H,26,28). The summed E-state index contributed by atoms with van der Waals surface area (Å²) in [7, 11) is 0. The molecule has 1 aliphatic rings. The smallest absolute Gasteiger partial charge is 0.273 e. The zero-order chi connectivity index (χ0) is 21.1. The van der Waals surface area contributed by atoms with Crippen LogP contribution in [0.1, 0.15) is 54.4 Å². The van der Waals surface area contributed by atoms with Crippen molar-refractivity contribution >= 4 is 17.5 Å². The molecule has 3 aromatic rings. The zero-order valence-corrected chi connectivity index (χ0v) is 17.1. The molecule has 1 saturated carbocycles. The summed E-state index contributed by atoms with van der Waals surface area (Å²) in [4.78, 5) is 29.1. The summed E-state index contributed by atoms with van der Waals surface area (Å²) in [5, 5.41) is 5.79. The van der Waals surface area contributed by atoms with Gasteiger partial charge >= 0.3 is 0 Å². The second-order valence-corrected chi connectivity index (χ2v) is 7.90.